The summed E-state index contributed by atoms with van der Waals surface area (Å²) in [4.78, 5) is 0. The molecule has 9 N–H and O–H groups in total. The molecule has 120 valence electrons. The fourth-order valence-electron chi connectivity index (χ4n) is 1.21. The van der Waals surface area contributed by atoms with E-state index < -0.39 is 0 Å². The van der Waals surface area contributed by atoms with Crippen LogP contribution in [0.15, 0.2) is 48.5 Å². The Morgan fingerprint density at radius 3 is 1.14 bits per heavy atom. The molecule has 0 radical (unpaired) electrons. The van der Waals surface area contributed by atoms with E-state index in [0.29, 0.717) is 0 Å². The van der Waals surface area contributed by atoms with E-state index in [1.807, 2.05) is 24.3 Å². The molecule has 0 amide bonds. The van der Waals surface area contributed by atoms with Gasteiger partial charge in [-0.3, -0.25) is 5.41 Å². The summed E-state index contributed by atoms with van der Waals surface area (Å²) < 4.78 is 9.83. The molecule has 0 saturated carbocycles. The molecule has 2 aromatic rings. The molecule has 0 unspecified atom stereocenters. The van der Waals surface area contributed by atoms with Gasteiger partial charge in [-0.2, -0.15) is 0 Å². The summed E-state index contributed by atoms with van der Waals surface area (Å²) in [7, 11) is 3.26. The molecule has 0 bridgehead atoms. The summed E-state index contributed by atoms with van der Waals surface area (Å²) in [6.45, 7) is 0. The lowest BCUT2D eigenvalue weighted by atomic mass is 10.3. The van der Waals surface area contributed by atoms with Crippen LogP contribution in [-0.2, 0) is 0 Å². The first-order valence-electron chi connectivity index (χ1n) is 6.27. The fraction of sp³-hybridized carbons (Fsp3) is 0.133. The van der Waals surface area contributed by atoms with Crippen LogP contribution < -0.4 is 32.4 Å². The Morgan fingerprint density at radius 1 is 0.727 bits per heavy atom. The van der Waals surface area contributed by atoms with E-state index in [1.165, 1.54) is 0 Å². The molecule has 7 heteroatoms. The molecule has 0 saturated heterocycles. The summed E-state index contributed by atoms with van der Waals surface area (Å²) >= 11 is 0. The lowest BCUT2D eigenvalue weighted by Gasteiger charge is -1.97. The first-order chi connectivity index (χ1) is 10.4. The van der Waals surface area contributed by atoms with Gasteiger partial charge in [-0.15, -0.1) is 0 Å². The van der Waals surface area contributed by atoms with E-state index in [9.17, 15) is 0 Å². The minimum absolute atomic E-state index is 0.333. The van der Waals surface area contributed by atoms with Crippen molar-refractivity contribution in [2.24, 2.45) is 11.5 Å². The number of nitrogens with two attached hydrogens (primary N) is 4. The number of nitrogen functional groups attached to an aromatic ring is 2. The molecule has 22 heavy (non-hydrogen) atoms. The molecule has 0 spiro atoms. The third-order valence-corrected chi connectivity index (χ3v) is 2.23. The molecule has 0 atom stereocenters. The first-order valence-corrected chi connectivity index (χ1v) is 6.27. The van der Waals surface area contributed by atoms with Crippen molar-refractivity contribution in [1.82, 2.24) is 0 Å². The van der Waals surface area contributed by atoms with Crippen molar-refractivity contribution < 1.29 is 9.47 Å². The van der Waals surface area contributed by atoms with E-state index in [-0.39, 0.29) is 5.96 Å². The zero-order valence-electron chi connectivity index (χ0n) is 12.7. The van der Waals surface area contributed by atoms with Gasteiger partial charge in [0.1, 0.15) is 11.5 Å². The van der Waals surface area contributed by atoms with Crippen LogP contribution in [0.3, 0.4) is 0 Å². The van der Waals surface area contributed by atoms with Crippen molar-refractivity contribution in [1.29, 1.82) is 5.41 Å². The fourth-order valence-corrected chi connectivity index (χ4v) is 1.21. The monoisotopic (exact) mass is 305 g/mol. The Kier molecular flexibility index (Phi) is 9.17. The van der Waals surface area contributed by atoms with Crippen LogP contribution >= 0.6 is 0 Å². The second-order valence-electron chi connectivity index (χ2n) is 4.00. The average molecular weight is 305 g/mol. The number of anilines is 2. The summed E-state index contributed by atoms with van der Waals surface area (Å²) in [5, 5.41) is 6.06. The highest BCUT2D eigenvalue weighted by Gasteiger charge is 1.86. The van der Waals surface area contributed by atoms with Crippen molar-refractivity contribution in [3.05, 3.63) is 48.5 Å². The Hall–Kier alpha value is -3.09. The molecule has 0 aliphatic rings. The zero-order chi connectivity index (χ0) is 17.0. The Morgan fingerprint density at radius 2 is 0.955 bits per heavy atom. The number of ether oxygens (including phenoxy) is 2. The van der Waals surface area contributed by atoms with Gasteiger partial charge in [0.05, 0.1) is 14.2 Å². The van der Waals surface area contributed by atoms with Crippen LogP contribution in [0.1, 0.15) is 0 Å². The Labute approximate surface area is 130 Å². The lowest BCUT2D eigenvalue weighted by Crippen LogP contribution is -2.20. The maximum absolute atomic E-state index is 6.06. The van der Waals surface area contributed by atoms with Crippen LogP contribution in [-0.4, -0.2) is 20.2 Å². The normalized spacial score (nSPS) is 8.45. The predicted octanol–water partition coefficient (Wildman–Crippen LogP) is 1.39. The minimum Gasteiger partial charge on any atom is -0.497 e. The predicted molar refractivity (Wildman–Crippen MR) is 90.9 cm³/mol. The summed E-state index contributed by atoms with van der Waals surface area (Å²) in [5.74, 6) is 1.34. The third-order valence-electron chi connectivity index (χ3n) is 2.23. The molecule has 2 aromatic carbocycles. The Balaban J connectivity index is 0.000000326. The van der Waals surface area contributed by atoms with Crippen LogP contribution in [0, 0.1) is 5.41 Å². The van der Waals surface area contributed by atoms with Gasteiger partial charge in [-0.1, -0.05) is 0 Å². The van der Waals surface area contributed by atoms with Gasteiger partial charge in [-0.05, 0) is 48.5 Å². The van der Waals surface area contributed by atoms with Gasteiger partial charge >= 0.3 is 0 Å². The van der Waals surface area contributed by atoms with Crippen LogP contribution in [0.5, 0.6) is 11.5 Å². The standard InChI is InChI=1S/2C7H9NO.CH5N3/c2*1-9-7-4-2-6(8)3-5-7;2-1(3)4/h2*2-5H,8H2,1H3;(H5,2,3,4). The largest absolute Gasteiger partial charge is 0.497 e. The maximum atomic E-state index is 6.06. The second-order valence-corrected chi connectivity index (χ2v) is 4.00. The number of guanidine groups is 1. The van der Waals surface area contributed by atoms with E-state index in [2.05, 4.69) is 11.5 Å². The number of hydrogen-bond acceptors (Lipinski definition) is 5. The van der Waals surface area contributed by atoms with Gasteiger partial charge in [0.2, 0.25) is 0 Å². The molecule has 0 aromatic heterocycles. The number of rotatable bonds is 2. The van der Waals surface area contributed by atoms with Crippen LogP contribution in [0.4, 0.5) is 11.4 Å². The van der Waals surface area contributed by atoms with Gasteiger partial charge in [0.15, 0.2) is 5.96 Å². The minimum atomic E-state index is -0.333. The highest BCUT2D eigenvalue weighted by atomic mass is 16.5. The molecule has 0 aliphatic heterocycles. The van der Waals surface area contributed by atoms with Gasteiger partial charge in [0.25, 0.3) is 0 Å². The van der Waals surface area contributed by atoms with Gasteiger partial charge in [-0.25, -0.2) is 0 Å². The highest BCUT2D eigenvalue weighted by Crippen LogP contribution is 2.12. The number of hydrogen-bond donors (Lipinski definition) is 5. The molecule has 7 nitrogen and oxygen atoms in total. The van der Waals surface area contributed by atoms with Crippen molar-refractivity contribution in [3.8, 4) is 11.5 Å². The highest BCUT2D eigenvalue weighted by molar-refractivity contribution is 5.71. The van der Waals surface area contributed by atoms with Crippen molar-refractivity contribution in [3.63, 3.8) is 0 Å². The first kappa shape index (κ1) is 18.9. The molecule has 0 aliphatic carbocycles. The van der Waals surface area contributed by atoms with Crippen molar-refractivity contribution >= 4 is 17.3 Å². The van der Waals surface area contributed by atoms with E-state index >= 15 is 0 Å². The SMILES string of the molecule is COc1ccc(N)cc1.COc1ccc(N)cc1.N=C(N)N. The van der Waals surface area contributed by atoms with Gasteiger partial charge < -0.3 is 32.4 Å². The molecule has 2 rings (SSSR count). The number of methoxy groups -OCH3 is 2. The summed E-state index contributed by atoms with van der Waals surface area (Å²) in [6.07, 6.45) is 0. The lowest BCUT2D eigenvalue weighted by molar-refractivity contribution is 0.415. The number of nitrogens with one attached hydrogen (secondary N) is 1. The summed E-state index contributed by atoms with van der Waals surface area (Å²) in [5.41, 5.74) is 21.3. The topological polar surface area (TPSA) is 146 Å². The second kappa shape index (κ2) is 10.7. The zero-order valence-corrected chi connectivity index (χ0v) is 12.7. The molecular weight excluding hydrogens is 282 g/mol. The Bertz CT molecular complexity index is 491. The number of benzene rings is 2. The van der Waals surface area contributed by atoms with E-state index in [4.69, 9.17) is 26.4 Å². The maximum Gasteiger partial charge on any atom is 0.183 e. The third kappa shape index (κ3) is 9.79. The molecule has 0 heterocycles. The summed E-state index contributed by atoms with van der Waals surface area (Å²) in [6, 6.07) is 14.5. The quantitative estimate of drug-likeness (QED) is 0.322. The van der Waals surface area contributed by atoms with Gasteiger partial charge in [0, 0.05) is 11.4 Å². The van der Waals surface area contributed by atoms with E-state index in [1.54, 1.807) is 38.5 Å². The van der Waals surface area contributed by atoms with Crippen LogP contribution in [0.25, 0.3) is 0 Å². The molecule has 0 fully saturated rings. The van der Waals surface area contributed by atoms with Crippen LogP contribution in [0.2, 0.25) is 0 Å². The smallest absolute Gasteiger partial charge is 0.183 e. The average Bonchev–Trinajstić information content (AvgIpc) is 2.49. The van der Waals surface area contributed by atoms with E-state index in [0.717, 1.165) is 22.9 Å². The molecular formula is C15H23N5O2. The van der Waals surface area contributed by atoms with Crippen molar-refractivity contribution in [2.75, 3.05) is 25.7 Å². The van der Waals surface area contributed by atoms with Crippen molar-refractivity contribution in [2.45, 2.75) is 0 Å².